The average molecular weight is 299 g/mol. The summed E-state index contributed by atoms with van der Waals surface area (Å²) in [6.07, 6.45) is 4.90. The van der Waals surface area contributed by atoms with Gasteiger partial charge >= 0.3 is 7.12 Å². The number of anilines is 1. The molecule has 3 nitrogen and oxygen atoms in total. The second kappa shape index (κ2) is 4.75. The van der Waals surface area contributed by atoms with Crippen LogP contribution in [0.2, 0.25) is 0 Å². The number of hydrogen-bond acceptors (Lipinski definition) is 3. The van der Waals surface area contributed by atoms with Crippen molar-refractivity contribution in [1.29, 1.82) is 0 Å². The first-order chi connectivity index (χ1) is 10.4. The Morgan fingerprint density at radius 3 is 1.91 bits per heavy atom. The molecule has 0 unspecified atom stereocenters. The van der Waals surface area contributed by atoms with Crippen LogP contribution in [-0.2, 0) is 22.2 Å². The molecule has 1 aromatic rings. The zero-order valence-corrected chi connectivity index (χ0v) is 14.2. The molecule has 0 spiro atoms. The van der Waals surface area contributed by atoms with Gasteiger partial charge in [-0.05, 0) is 70.0 Å². The molecule has 0 N–H and O–H groups in total. The third-order valence-electron chi connectivity index (χ3n) is 5.88. The molecule has 118 valence electrons. The maximum atomic E-state index is 6.25. The van der Waals surface area contributed by atoms with Gasteiger partial charge in [-0.25, -0.2) is 0 Å². The van der Waals surface area contributed by atoms with E-state index < -0.39 is 0 Å². The largest absolute Gasteiger partial charge is 0.494 e. The molecule has 3 aliphatic heterocycles. The van der Waals surface area contributed by atoms with Crippen molar-refractivity contribution < 1.29 is 9.31 Å². The van der Waals surface area contributed by atoms with Gasteiger partial charge in [0.1, 0.15) is 0 Å². The second-order valence-electron chi connectivity index (χ2n) is 7.97. The molecule has 3 heterocycles. The van der Waals surface area contributed by atoms with Crippen molar-refractivity contribution in [2.75, 3.05) is 18.0 Å². The van der Waals surface area contributed by atoms with Crippen molar-refractivity contribution in [1.82, 2.24) is 0 Å². The third-order valence-corrected chi connectivity index (χ3v) is 5.88. The molecule has 0 amide bonds. The van der Waals surface area contributed by atoms with E-state index in [0.717, 1.165) is 0 Å². The van der Waals surface area contributed by atoms with E-state index in [2.05, 4.69) is 44.7 Å². The van der Waals surface area contributed by atoms with Crippen LogP contribution in [0.1, 0.15) is 51.7 Å². The molecule has 0 bridgehead atoms. The Bertz CT molecular complexity index is 564. The van der Waals surface area contributed by atoms with Gasteiger partial charge in [0.05, 0.1) is 11.2 Å². The average Bonchev–Trinajstić information content (AvgIpc) is 2.68. The molecule has 4 heteroatoms. The lowest BCUT2D eigenvalue weighted by molar-refractivity contribution is 0.00578. The van der Waals surface area contributed by atoms with Gasteiger partial charge in [0.2, 0.25) is 0 Å². The molecule has 0 aromatic heterocycles. The summed E-state index contributed by atoms with van der Waals surface area (Å²) in [7, 11) is -0.233. The van der Waals surface area contributed by atoms with Crippen molar-refractivity contribution >= 4 is 18.3 Å². The van der Waals surface area contributed by atoms with Crippen LogP contribution in [-0.4, -0.2) is 31.4 Å². The molecule has 1 aromatic carbocycles. The quantitative estimate of drug-likeness (QED) is 0.744. The predicted octanol–water partition coefficient (Wildman–Crippen LogP) is 2.68. The van der Waals surface area contributed by atoms with Gasteiger partial charge in [-0.3, -0.25) is 0 Å². The third kappa shape index (κ3) is 2.11. The number of aryl methyl sites for hydroxylation is 2. The van der Waals surface area contributed by atoms with Crippen LogP contribution >= 0.6 is 0 Å². The van der Waals surface area contributed by atoms with Gasteiger partial charge in [0.25, 0.3) is 0 Å². The summed E-state index contributed by atoms with van der Waals surface area (Å²) < 4.78 is 12.5. The van der Waals surface area contributed by atoms with Crippen LogP contribution in [0.3, 0.4) is 0 Å². The van der Waals surface area contributed by atoms with Crippen molar-refractivity contribution in [3.05, 3.63) is 23.3 Å². The van der Waals surface area contributed by atoms with Crippen LogP contribution in [0.25, 0.3) is 0 Å². The number of benzene rings is 1. The molecule has 1 saturated heterocycles. The minimum atomic E-state index is -0.267. The molecule has 0 saturated carbocycles. The lowest BCUT2D eigenvalue weighted by Gasteiger charge is -2.37. The SMILES string of the molecule is CC1(C)OB(c2cc3c4c(c2)CCCN4CCC3)OC1(C)C. The van der Waals surface area contributed by atoms with E-state index in [1.807, 2.05) is 0 Å². The summed E-state index contributed by atoms with van der Waals surface area (Å²) >= 11 is 0. The van der Waals surface area contributed by atoms with Crippen molar-refractivity contribution in [2.45, 2.75) is 64.6 Å². The lowest BCUT2D eigenvalue weighted by Crippen LogP contribution is -2.41. The second-order valence-corrected chi connectivity index (χ2v) is 7.97. The Hall–Kier alpha value is -0.995. The van der Waals surface area contributed by atoms with Crippen molar-refractivity contribution in [3.8, 4) is 0 Å². The standard InChI is InChI=1S/C18H26BNO2/c1-17(2)18(3,4)22-19(21-17)15-11-13-7-5-9-20-10-6-8-14(12-15)16(13)20/h11-12H,5-10H2,1-4H3. The Balaban J connectivity index is 1.73. The molecule has 22 heavy (non-hydrogen) atoms. The number of hydrogen-bond donors (Lipinski definition) is 0. The fourth-order valence-electron chi connectivity index (χ4n) is 3.95. The first kappa shape index (κ1) is 14.6. The molecule has 0 radical (unpaired) electrons. The van der Waals surface area contributed by atoms with Gasteiger partial charge < -0.3 is 14.2 Å². The van der Waals surface area contributed by atoms with E-state index >= 15 is 0 Å². The normalized spacial score (nSPS) is 25.3. The summed E-state index contributed by atoms with van der Waals surface area (Å²) in [6.45, 7) is 10.9. The van der Waals surface area contributed by atoms with E-state index in [4.69, 9.17) is 9.31 Å². The Morgan fingerprint density at radius 2 is 1.41 bits per heavy atom. The maximum absolute atomic E-state index is 6.25. The first-order valence-electron chi connectivity index (χ1n) is 8.64. The number of nitrogens with zero attached hydrogens (tertiary/aromatic N) is 1. The highest BCUT2D eigenvalue weighted by Crippen LogP contribution is 2.38. The van der Waals surface area contributed by atoms with Gasteiger partial charge in [0, 0.05) is 18.8 Å². The van der Waals surface area contributed by atoms with Crippen molar-refractivity contribution in [3.63, 3.8) is 0 Å². The topological polar surface area (TPSA) is 21.7 Å². The van der Waals surface area contributed by atoms with Crippen LogP contribution < -0.4 is 10.4 Å². The molecule has 1 fully saturated rings. The highest BCUT2D eigenvalue weighted by atomic mass is 16.7. The Morgan fingerprint density at radius 1 is 0.909 bits per heavy atom. The van der Waals surface area contributed by atoms with Crippen LogP contribution in [0.5, 0.6) is 0 Å². The van der Waals surface area contributed by atoms with Gasteiger partial charge in [-0.2, -0.15) is 0 Å². The summed E-state index contributed by atoms with van der Waals surface area (Å²) in [4.78, 5) is 2.58. The zero-order chi connectivity index (χ0) is 15.5. The molecule has 4 rings (SSSR count). The highest BCUT2D eigenvalue weighted by molar-refractivity contribution is 6.62. The maximum Gasteiger partial charge on any atom is 0.494 e. The molecule has 0 aliphatic carbocycles. The fourth-order valence-corrected chi connectivity index (χ4v) is 3.95. The molecular formula is C18H26BNO2. The van der Waals surface area contributed by atoms with E-state index in [9.17, 15) is 0 Å². The van der Waals surface area contributed by atoms with E-state index in [1.54, 1.807) is 0 Å². The molecule has 3 aliphatic rings. The van der Waals surface area contributed by atoms with E-state index in [0.29, 0.717) is 0 Å². The molecular weight excluding hydrogens is 273 g/mol. The molecule has 0 atom stereocenters. The highest BCUT2D eigenvalue weighted by Gasteiger charge is 2.52. The Labute approximate surface area is 134 Å². The summed E-state index contributed by atoms with van der Waals surface area (Å²) in [5.74, 6) is 0. The van der Waals surface area contributed by atoms with Crippen LogP contribution in [0.15, 0.2) is 12.1 Å². The Kier molecular flexibility index (Phi) is 3.15. The minimum absolute atomic E-state index is 0.233. The minimum Gasteiger partial charge on any atom is -0.399 e. The summed E-state index contributed by atoms with van der Waals surface area (Å²) in [6, 6.07) is 4.66. The van der Waals surface area contributed by atoms with Crippen LogP contribution in [0, 0.1) is 0 Å². The monoisotopic (exact) mass is 299 g/mol. The van der Waals surface area contributed by atoms with E-state index in [-0.39, 0.29) is 18.3 Å². The van der Waals surface area contributed by atoms with Gasteiger partial charge in [0.15, 0.2) is 0 Å². The lowest BCUT2D eigenvalue weighted by atomic mass is 9.75. The smallest absolute Gasteiger partial charge is 0.399 e. The summed E-state index contributed by atoms with van der Waals surface area (Å²) in [5.41, 5.74) is 5.17. The van der Waals surface area contributed by atoms with Crippen molar-refractivity contribution in [2.24, 2.45) is 0 Å². The van der Waals surface area contributed by atoms with Gasteiger partial charge in [-0.15, -0.1) is 0 Å². The van der Waals surface area contributed by atoms with E-state index in [1.165, 1.54) is 61.0 Å². The number of rotatable bonds is 1. The zero-order valence-electron chi connectivity index (χ0n) is 14.2. The predicted molar refractivity (Wildman–Crippen MR) is 91.0 cm³/mol. The van der Waals surface area contributed by atoms with Gasteiger partial charge in [-0.1, -0.05) is 12.1 Å². The first-order valence-corrected chi connectivity index (χ1v) is 8.64. The fraction of sp³-hybridized carbons (Fsp3) is 0.667. The summed E-state index contributed by atoms with van der Waals surface area (Å²) in [5, 5.41) is 0. The van der Waals surface area contributed by atoms with Crippen LogP contribution in [0.4, 0.5) is 5.69 Å².